The lowest BCUT2D eigenvalue weighted by molar-refractivity contribution is -0.141. The average Bonchev–Trinajstić information content (AvgIpc) is 2.55. The van der Waals surface area contributed by atoms with Gasteiger partial charge in [-0.3, -0.25) is 4.79 Å². The monoisotopic (exact) mass is 369 g/mol. The Kier molecular flexibility index (Phi) is 5.97. The van der Waals surface area contributed by atoms with Crippen molar-refractivity contribution in [3.05, 3.63) is 71.0 Å². The van der Waals surface area contributed by atoms with Gasteiger partial charge in [0, 0.05) is 6.42 Å². The molecule has 0 fully saturated rings. The van der Waals surface area contributed by atoms with Crippen LogP contribution in [0.4, 0.5) is 17.6 Å². The highest BCUT2D eigenvalue weighted by Crippen LogP contribution is 2.29. The Labute approximate surface area is 146 Å². The molecule has 1 atom stereocenters. The third-order valence-corrected chi connectivity index (χ3v) is 3.63. The largest absolute Gasteiger partial charge is 0.480 e. The number of carboxylic acids is 1. The maximum atomic E-state index is 13.6. The zero-order valence-corrected chi connectivity index (χ0v) is 13.4. The molecule has 0 saturated heterocycles. The van der Waals surface area contributed by atoms with Crippen molar-refractivity contribution in [3.63, 3.8) is 0 Å². The first-order chi connectivity index (χ1) is 12.2. The van der Waals surface area contributed by atoms with Gasteiger partial charge in [0.2, 0.25) is 5.91 Å². The van der Waals surface area contributed by atoms with Crippen LogP contribution in [0.15, 0.2) is 48.5 Å². The molecule has 2 N–H and O–H groups in total. The van der Waals surface area contributed by atoms with Crippen LogP contribution >= 0.6 is 0 Å². The van der Waals surface area contributed by atoms with Crippen molar-refractivity contribution in [2.24, 2.45) is 0 Å². The highest BCUT2D eigenvalue weighted by Gasteiger charge is 2.30. The molecule has 0 aliphatic heterocycles. The summed E-state index contributed by atoms with van der Waals surface area (Å²) in [5, 5.41) is 11.4. The molecular formula is C18H15F4NO3. The molecule has 0 unspecified atom stereocenters. The molecule has 2 aromatic rings. The zero-order chi connectivity index (χ0) is 19.3. The van der Waals surface area contributed by atoms with Gasteiger partial charge < -0.3 is 10.4 Å². The SMILES string of the molecule is O=C(Cc1cccc(C(F)(F)F)c1)N[C@H](Cc1ccccc1F)C(=O)O. The number of aliphatic carboxylic acids is 1. The topological polar surface area (TPSA) is 66.4 Å². The molecule has 0 heterocycles. The molecule has 2 rings (SSSR count). The first-order valence-corrected chi connectivity index (χ1v) is 7.58. The molecule has 0 spiro atoms. The maximum absolute atomic E-state index is 13.6. The van der Waals surface area contributed by atoms with Gasteiger partial charge in [-0.1, -0.05) is 36.4 Å². The van der Waals surface area contributed by atoms with Crippen LogP contribution in [0, 0.1) is 5.82 Å². The Morgan fingerprint density at radius 1 is 1.08 bits per heavy atom. The Balaban J connectivity index is 2.07. The van der Waals surface area contributed by atoms with E-state index in [0.717, 1.165) is 12.1 Å². The molecule has 0 radical (unpaired) electrons. The molecule has 0 saturated carbocycles. The van der Waals surface area contributed by atoms with Crippen molar-refractivity contribution < 1.29 is 32.3 Å². The summed E-state index contributed by atoms with van der Waals surface area (Å²) in [5.74, 6) is -2.75. The van der Waals surface area contributed by atoms with Crippen molar-refractivity contribution >= 4 is 11.9 Å². The van der Waals surface area contributed by atoms with E-state index in [4.69, 9.17) is 0 Å². The summed E-state index contributed by atoms with van der Waals surface area (Å²) in [6.45, 7) is 0. The molecule has 1 amide bonds. The normalized spacial score (nSPS) is 12.5. The minimum Gasteiger partial charge on any atom is -0.480 e. The van der Waals surface area contributed by atoms with E-state index in [0.29, 0.717) is 0 Å². The molecule has 2 aromatic carbocycles. The Morgan fingerprint density at radius 3 is 2.38 bits per heavy atom. The summed E-state index contributed by atoms with van der Waals surface area (Å²) in [7, 11) is 0. The number of nitrogens with one attached hydrogen (secondary N) is 1. The van der Waals surface area contributed by atoms with E-state index < -0.39 is 41.9 Å². The van der Waals surface area contributed by atoms with Gasteiger partial charge in [0.15, 0.2) is 0 Å². The number of halogens is 4. The van der Waals surface area contributed by atoms with Crippen molar-refractivity contribution in [3.8, 4) is 0 Å². The first kappa shape index (κ1) is 19.4. The first-order valence-electron chi connectivity index (χ1n) is 7.58. The van der Waals surface area contributed by atoms with Crippen LogP contribution < -0.4 is 5.32 Å². The number of hydrogen-bond donors (Lipinski definition) is 2. The lowest BCUT2D eigenvalue weighted by atomic mass is 10.0. The predicted octanol–water partition coefficient (Wildman–Crippen LogP) is 3.20. The average molecular weight is 369 g/mol. The van der Waals surface area contributed by atoms with Crippen molar-refractivity contribution in [1.82, 2.24) is 5.32 Å². The van der Waals surface area contributed by atoms with E-state index in [2.05, 4.69) is 5.32 Å². The van der Waals surface area contributed by atoms with Crippen molar-refractivity contribution in [2.75, 3.05) is 0 Å². The molecule has 4 nitrogen and oxygen atoms in total. The highest BCUT2D eigenvalue weighted by atomic mass is 19.4. The van der Waals surface area contributed by atoms with Crippen molar-refractivity contribution in [1.29, 1.82) is 0 Å². The van der Waals surface area contributed by atoms with Gasteiger partial charge in [-0.05, 0) is 23.3 Å². The Bertz CT molecular complexity index is 805. The van der Waals surface area contributed by atoms with Gasteiger partial charge in [0.25, 0.3) is 0 Å². The fourth-order valence-electron chi connectivity index (χ4n) is 2.37. The van der Waals surface area contributed by atoms with E-state index in [1.165, 1.54) is 36.4 Å². The molecule has 0 aromatic heterocycles. The standard InChI is InChI=1S/C18H15F4NO3/c19-14-7-2-1-5-12(14)10-15(17(25)26)23-16(24)9-11-4-3-6-13(8-11)18(20,21)22/h1-8,15H,9-10H2,(H,23,24)(H,25,26)/t15-/m1/s1. The summed E-state index contributed by atoms with van der Waals surface area (Å²) < 4.78 is 51.7. The minimum absolute atomic E-state index is 0.0901. The molecule has 26 heavy (non-hydrogen) atoms. The summed E-state index contributed by atoms with van der Waals surface area (Å²) in [6, 6.07) is 8.34. The van der Waals surface area contributed by atoms with E-state index in [1.54, 1.807) is 0 Å². The fraction of sp³-hybridized carbons (Fsp3) is 0.222. The molecule has 138 valence electrons. The van der Waals surface area contributed by atoms with Gasteiger partial charge in [0.1, 0.15) is 11.9 Å². The highest BCUT2D eigenvalue weighted by molar-refractivity contribution is 5.85. The number of rotatable bonds is 6. The second kappa shape index (κ2) is 7.99. The van der Waals surface area contributed by atoms with Crippen molar-refractivity contribution in [2.45, 2.75) is 25.1 Å². The number of carboxylic acid groups (broad SMARTS) is 1. The van der Waals surface area contributed by atoms with E-state index in [9.17, 15) is 32.3 Å². The van der Waals surface area contributed by atoms with Gasteiger partial charge in [-0.15, -0.1) is 0 Å². The Morgan fingerprint density at radius 2 is 1.77 bits per heavy atom. The number of alkyl halides is 3. The number of benzene rings is 2. The smallest absolute Gasteiger partial charge is 0.416 e. The predicted molar refractivity (Wildman–Crippen MR) is 84.8 cm³/mol. The quantitative estimate of drug-likeness (QED) is 0.769. The van der Waals surface area contributed by atoms with Gasteiger partial charge in [0.05, 0.1) is 12.0 Å². The molecule has 0 aliphatic rings. The third-order valence-electron chi connectivity index (χ3n) is 3.63. The van der Waals surface area contributed by atoms with Gasteiger partial charge in [-0.25, -0.2) is 9.18 Å². The second-order valence-electron chi connectivity index (χ2n) is 5.63. The lowest BCUT2D eigenvalue weighted by Crippen LogP contribution is -2.43. The fourth-order valence-corrected chi connectivity index (χ4v) is 2.37. The number of hydrogen-bond acceptors (Lipinski definition) is 2. The van der Waals surface area contributed by atoms with Crippen LogP contribution in [0.3, 0.4) is 0 Å². The zero-order valence-electron chi connectivity index (χ0n) is 13.4. The summed E-state index contributed by atoms with van der Waals surface area (Å²) in [6.07, 6.45) is -5.25. The lowest BCUT2D eigenvalue weighted by Gasteiger charge is -2.15. The second-order valence-corrected chi connectivity index (χ2v) is 5.63. The maximum Gasteiger partial charge on any atom is 0.416 e. The summed E-state index contributed by atoms with van der Waals surface area (Å²) in [5.41, 5.74) is -0.699. The van der Waals surface area contributed by atoms with Crippen LogP contribution in [0.2, 0.25) is 0 Å². The molecular weight excluding hydrogens is 354 g/mol. The van der Waals surface area contributed by atoms with E-state index in [1.807, 2.05) is 0 Å². The van der Waals surface area contributed by atoms with Crippen LogP contribution in [-0.2, 0) is 28.6 Å². The number of carbonyl (C=O) groups is 2. The van der Waals surface area contributed by atoms with Gasteiger partial charge in [-0.2, -0.15) is 13.2 Å². The molecule has 0 aliphatic carbocycles. The van der Waals surface area contributed by atoms with Crippen LogP contribution in [0.1, 0.15) is 16.7 Å². The molecule has 0 bridgehead atoms. The number of amides is 1. The minimum atomic E-state index is -4.54. The van der Waals surface area contributed by atoms with E-state index >= 15 is 0 Å². The van der Waals surface area contributed by atoms with Crippen LogP contribution in [-0.4, -0.2) is 23.0 Å². The Hall–Kier alpha value is -2.90. The van der Waals surface area contributed by atoms with Crippen LogP contribution in [0.25, 0.3) is 0 Å². The number of carbonyl (C=O) groups excluding carboxylic acids is 1. The van der Waals surface area contributed by atoms with E-state index in [-0.39, 0.29) is 17.5 Å². The summed E-state index contributed by atoms with van der Waals surface area (Å²) >= 11 is 0. The summed E-state index contributed by atoms with van der Waals surface area (Å²) in [4.78, 5) is 23.3. The third kappa shape index (κ3) is 5.30. The molecule has 8 heteroatoms. The van der Waals surface area contributed by atoms with Gasteiger partial charge >= 0.3 is 12.1 Å². The van der Waals surface area contributed by atoms with Crippen LogP contribution in [0.5, 0.6) is 0 Å².